The normalized spacial score (nSPS) is 25.5. The summed E-state index contributed by atoms with van der Waals surface area (Å²) in [6.45, 7) is 3.66. The SMILES string of the molecule is CCCC(=O)N1C[C@@H]2CC(CC#N)(n3cc(-c4ncnc5[nH]ccc45)cn3)C[C@@H]2C1. The number of nitriles is 1. The van der Waals surface area contributed by atoms with E-state index in [0.717, 1.165) is 54.6 Å². The fourth-order valence-corrected chi connectivity index (χ4v) is 5.40. The molecule has 0 spiro atoms. The van der Waals surface area contributed by atoms with Gasteiger partial charge in [0.05, 0.1) is 29.9 Å². The fraction of sp³-hybridized carbons (Fsp3) is 0.500. The largest absolute Gasteiger partial charge is 0.346 e. The summed E-state index contributed by atoms with van der Waals surface area (Å²) in [6.07, 6.45) is 11.0. The predicted octanol–water partition coefficient (Wildman–Crippen LogP) is 3.10. The van der Waals surface area contributed by atoms with E-state index in [0.29, 0.717) is 24.7 Å². The summed E-state index contributed by atoms with van der Waals surface area (Å²) in [6, 6.07) is 4.36. The Kier molecular flexibility index (Phi) is 4.54. The number of fused-ring (bicyclic) bond motifs is 2. The maximum atomic E-state index is 12.3. The Balaban J connectivity index is 1.42. The van der Waals surface area contributed by atoms with E-state index in [1.165, 1.54) is 0 Å². The molecule has 1 N–H and O–H groups in total. The molecule has 8 heteroatoms. The van der Waals surface area contributed by atoms with E-state index in [-0.39, 0.29) is 11.4 Å². The minimum atomic E-state index is -0.313. The highest BCUT2D eigenvalue weighted by molar-refractivity contribution is 5.90. The van der Waals surface area contributed by atoms with E-state index in [9.17, 15) is 10.1 Å². The molecule has 1 unspecified atom stereocenters. The molecule has 0 bridgehead atoms. The molecular formula is C22H25N7O. The first kappa shape index (κ1) is 18.8. The lowest BCUT2D eigenvalue weighted by Crippen LogP contribution is -2.35. The number of aromatic amines is 1. The van der Waals surface area contributed by atoms with Gasteiger partial charge in [-0.1, -0.05) is 6.92 Å². The van der Waals surface area contributed by atoms with E-state index in [4.69, 9.17) is 0 Å². The Bertz CT molecular complexity index is 1110. The second kappa shape index (κ2) is 7.24. The van der Waals surface area contributed by atoms with Crippen molar-refractivity contribution in [1.82, 2.24) is 29.6 Å². The van der Waals surface area contributed by atoms with Crippen molar-refractivity contribution in [2.45, 2.75) is 44.6 Å². The molecular weight excluding hydrogens is 378 g/mol. The van der Waals surface area contributed by atoms with Crippen LogP contribution in [0.15, 0.2) is 31.0 Å². The van der Waals surface area contributed by atoms with Crippen LogP contribution in [-0.2, 0) is 10.3 Å². The summed E-state index contributed by atoms with van der Waals surface area (Å²) in [4.78, 5) is 26.2. The lowest BCUT2D eigenvalue weighted by Gasteiger charge is -2.29. The Morgan fingerprint density at radius 3 is 2.87 bits per heavy atom. The van der Waals surface area contributed by atoms with Gasteiger partial charge in [0.2, 0.25) is 5.91 Å². The smallest absolute Gasteiger partial charge is 0.222 e. The number of carbonyl (C=O) groups is 1. The standard InChI is InChI=1S/C22H25N7O/c1-2-3-19(30)28-11-15-8-22(5-6-23,9-16(15)12-28)29-13-17(10-27-29)20-18-4-7-24-21(18)26-14-25-20/h4,7,10,13-16H,2-3,5,8-9,11-12H2,1H3,(H,24,25,26)/t15-,16+,22?. The van der Waals surface area contributed by atoms with Crippen molar-refractivity contribution in [3.8, 4) is 17.3 Å². The Morgan fingerprint density at radius 1 is 1.33 bits per heavy atom. The summed E-state index contributed by atoms with van der Waals surface area (Å²) in [5.74, 6) is 1.13. The molecule has 3 aromatic heterocycles. The monoisotopic (exact) mass is 403 g/mol. The third kappa shape index (κ3) is 2.96. The average molecular weight is 403 g/mol. The van der Waals surface area contributed by atoms with Crippen LogP contribution in [0, 0.1) is 23.2 Å². The number of hydrogen-bond acceptors (Lipinski definition) is 5. The number of hydrogen-bond donors (Lipinski definition) is 1. The van der Waals surface area contributed by atoms with E-state index < -0.39 is 0 Å². The van der Waals surface area contributed by atoms with Crippen LogP contribution in [0.25, 0.3) is 22.3 Å². The second-order valence-corrected chi connectivity index (χ2v) is 8.67. The van der Waals surface area contributed by atoms with Crippen LogP contribution in [-0.4, -0.2) is 48.6 Å². The van der Waals surface area contributed by atoms with Crippen LogP contribution in [0.2, 0.25) is 0 Å². The van der Waals surface area contributed by atoms with Gasteiger partial charge in [0, 0.05) is 42.9 Å². The lowest BCUT2D eigenvalue weighted by molar-refractivity contribution is -0.130. The van der Waals surface area contributed by atoms with Crippen molar-refractivity contribution in [3.05, 3.63) is 31.0 Å². The van der Waals surface area contributed by atoms with E-state index in [2.05, 4.69) is 26.1 Å². The molecule has 8 nitrogen and oxygen atoms in total. The first-order valence-electron chi connectivity index (χ1n) is 10.6. The van der Waals surface area contributed by atoms with Crippen molar-refractivity contribution in [3.63, 3.8) is 0 Å². The van der Waals surface area contributed by atoms with Gasteiger partial charge < -0.3 is 9.88 Å². The molecule has 1 aliphatic carbocycles. The van der Waals surface area contributed by atoms with Crippen LogP contribution in [0.3, 0.4) is 0 Å². The zero-order valence-corrected chi connectivity index (χ0v) is 17.1. The highest BCUT2D eigenvalue weighted by Gasteiger charge is 2.51. The molecule has 2 fully saturated rings. The molecule has 3 aromatic rings. The lowest BCUT2D eigenvalue weighted by atomic mass is 9.92. The number of H-pyrrole nitrogens is 1. The van der Waals surface area contributed by atoms with Crippen molar-refractivity contribution in [2.75, 3.05) is 13.1 Å². The third-order valence-electron chi connectivity index (χ3n) is 6.78. The predicted molar refractivity (Wildman–Crippen MR) is 111 cm³/mol. The summed E-state index contributed by atoms with van der Waals surface area (Å²) in [7, 11) is 0. The van der Waals surface area contributed by atoms with Crippen LogP contribution in [0.5, 0.6) is 0 Å². The fourth-order valence-electron chi connectivity index (χ4n) is 5.40. The highest BCUT2D eigenvalue weighted by atomic mass is 16.2. The van der Waals surface area contributed by atoms with Gasteiger partial charge in [-0.15, -0.1) is 0 Å². The summed E-state index contributed by atoms with van der Waals surface area (Å²) >= 11 is 0. The Labute approximate surface area is 174 Å². The molecule has 0 radical (unpaired) electrons. The zero-order valence-electron chi connectivity index (χ0n) is 17.1. The first-order chi connectivity index (χ1) is 14.6. The van der Waals surface area contributed by atoms with Crippen LogP contribution >= 0.6 is 0 Å². The maximum Gasteiger partial charge on any atom is 0.222 e. The first-order valence-corrected chi connectivity index (χ1v) is 10.6. The van der Waals surface area contributed by atoms with Crippen LogP contribution in [0.1, 0.15) is 39.0 Å². The number of nitrogens with one attached hydrogen (secondary N) is 1. The Hall–Kier alpha value is -3.21. The summed E-state index contributed by atoms with van der Waals surface area (Å²) < 4.78 is 1.99. The zero-order chi connectivity index (χ0) is 20.7. The van der Waals surface area contributed by atoms with Gasteiger partial charge >= 0.3 is 0 Å². The number of amides is 1. The number of aromatic nitrogens is 5. The Morgan fingerprint density at radius 2 is 2.13 bits per heavy atom. The van der Waals surface area contributed by atoms with Gasteiger partial charge in [-0.3, -0.25) is 9.48 Å². The highest BCUT2D eigenvalue weighted by Crippen LogP contribution is 2.49. The minimum absolute atomic E-state index is 0.262. The topological polar surface area (TPSA) is 103 Å². The summed E-state index contributed by atoms with van der Waals surface area (Å²) in [5, 5.41) is 15.2. The average Bonchev–Trinajstić information content (AvgIpc) is 3.50. The van der Waals surface area contributed by atoms with Crippen molar-refractivity contribution in [2.24, 2.45) is 11.8 Å². The van der Waals surface area contributed by atoms with Gasteiger partial charge in [0.15, 0.2) is 0 Å². The van der Waals surface area contributed by atoms with Crippen LogP contribution < -0.4 is 0 Å². The number of carbonyl (C=O) groups excluding carboxylic acids is 1. The molecule has 5 rings (SSSR count). The van der Waals surface area contributed by atoms with E-state index in [1.807, 2.05) is 41.2 Å². The van der Waals surface area contributed by atoms with Gasteiger partial charge in [-0.05, 0) is 37.2 Å². The summed E-state index contributed by atoms with van der Waals surface area (Å²) in [5.41, 5.74) is 2.25. The molecule has 2 aliphatic rings. The van der Waals surface area contributed by atoms with Gasteiger partial charge in [0.1, 0.15) is 12.0 Å². The maximum absolute atomic E-state index is 12.3. The second-order valence-electron chi connectivity index (χ2n) is 8.67. The molecule has 30 heavy (non-hydrogen) atoms. The molecule has 1 amide bonds. The molecule has 154 valence electrons. The van der Waals surface area contributed by atoms with Gasteiger partial charge in [-0.2, -0.15) is 10.4 Å². The molecule has 1 aliphatic heterocycles. The number of likely N-dealkylation sites (tertiary alicyclic amines) is 1. The van der Waals surface area contributed by atoms with Crippen molar-refractivity contribution < 1.29 is 4.79 Å². The van der Waals surface area contributed by atoms with Gasteiger partial charge in [-0.25, -0.2) is 9.97 Å². The number of nitrogens with zero attached hydrogens (tertiary/aromatic N) is 6. The van der Waals surface area contributed by atoms with E-state index in [1.54, 1.807) is 6.33 Å². The van der Waals surface area contributed by atoms with Crippen molar-refractivity contribution in [1.29, 1.82) is 5.26 Å². The van der Waals surface area contributed by atoms with Crippen LogP contribution in [0.4, 0.5) is 0 Å². The molecule has 1 saturated heterocycles. The van der Waals surface area contributed by atoms with E-state index >= 15 is 0 Å². The number of rotatable bonds is 5. The molecule has 0 aromatic carbocycles. The van der Waals surface area contributed by atoms with Gasteiger partial charge in [0.25, 0.3) is 0 Å². The van der Waals surface area contributed by atoms with Crippen molar-refractivity contribution >= 4 is 16.9 Å². The molecule has 4 heterocycles. The molecule has 3 atom stereocenters. The molecule has 1 saturated carbocycles. The quantitative estimate of drug-likeness (QED) is 0.705. The third-order valence-corrected chi connectivity index (χ3v) is 6.78. The minimum Gasteiger partial charge on any atom is -0.346 e.